The minimum atomic E-state index is -0.824. The Labute approximate surface area is 117 Å². The number of halogens is 2. The molecular weight excluding hydrogens is 260 g/mol. The summed E-state index contributed by atoms with van der Waals surface area (Å²) in [5.41, 5.74) is 1.17. The molecule has 0 spiro atoms. The normalized spacial score (nSPS) is 12.9. The summed E-state index contributed by atoms with van der Waals surface area (Å²) >= 11 is 0. The summed E-state index contributed by atoms with van der Waals surface area (Å²) in [6.45, 7) is 4.08. The molecule has 0 fully saturated rings. The molecule has 0 aliphatic heterocycles. The molecule has 5 heteroatoms. The van der Waals surface area contributed by atoms with Crippen LogP contribution >= 0.6 is 0 Å². The number of rotatable bonds is 5. The first-order valence-corrected chi connectivity index (χ1v) is 6.68. The molecule has 1 heterocycles. The fraction of sp³-hybridized carbons (Fsp3) is 0.400. The van der Waals surface area contributed by atoms with Crippen LogP contribution in [0.5, 0.6) is 0 Å². The summed E-state index contributed by atoms with van der Waals surface area (Å²) in [6, 6.07) is 6.12. The molecule has 2 rings (SSSR count). The molecule has 0 saturated carbocycles. The van der Waals surface area contributed by atoms with E-state index in [1.807, 2.05) is 30.8 Å². The molecule has 0 aliphatic rings. The fourth-order valence-electron chi connectivity index (χ4n) is 2.14. The lowest BCUT2D eigenvalue weighted by Gasteiger charge is -2.16. The first kappa shape index (κ1) is 14.7. The highest BCUT2D eigenvalue weighted by molar-refractivity contribution is 5.24. The SMILES string of the molecule is CNC(Cc1ccn(C(C)C)n1)c1cccc(F)c1F. The second-order valence-electron chi connectivity index (χ2n) is 5.07. The molecule has 1 aromatic heterocycles. The third-order valence-electron chi connectivity index (χ3n) is 3.31. The van der Waals surface area contributed by atoms with Crippen molar-refractivity contribution in [1.82, 2.24) is 15.1 Å². The Hall–Kier alpha value is -1.75. The van der Waals surface area contributed by atoms with Crippen LogP contribution in [0.3, 0.4) is 0 Å². The van der Waals surface area contributed by atoms with Crippen molar-refractivity contribution in [3.05, 3.63) is 53.4 Å². The third-order valence-corrected chi connectivity index (χ3v) is 3.31. The number of nitrogens with one attached hydrogen (secondary N) is 1. The van der Waals surface area contributed by atoms with Crippen molar-refractivity contribution in [3.63, 3.8) is 0 Å². The predicted molar refractivity (Wildman–Crippen MR) is 74.5 cm³/mol. The van der Waals surface area contributed by atoms with Crippen LogP contribution in [-0.4, -0.2) is 16.8 Å². The molecule has 1 atom stereocenters. The number of benzene rings is 1. The largest absolute Gasteiger partial charge is 0.313 e. The summed E-state index contributed by atoms with van der Waals surface area (Å²) in [7, 11) is 1.73. The molecule has 2 aromatic rings. The van der Waals surface area contributed by atoms with E-state index in [1.54, 1.807) is 13.1 Å². The van der Waals surface area contributed by atoms with Gasteiger partial charge in [0.05, 0.1) is 5.69 Å². The highest BCUT2D eigenvalue weighted by atomic mass is 19.2. The van der Waals surface area contributed by atoms with Crippen LogP contribution in [0.15, 0.2) is 30.5 Å². The fourth-order valence-corrected chi connectivity index (χ4v) is 2.14. The van der Waals surface area contributed by atoms with Gasteiger partial charge >= 0.3 is 0 Å². The molecule has 20 heavy (non-hydrogen) atoms. The van der Waals surface area contributed by atoms with Crippen LogP contribution in [0.25, 0.3) is 0 Å². The first-order valence-electron chi connectivity index (χ1n) is 6.68. The van der Waals surface area contributed by atoms with E-state index in [9.17, 15) is 8.78 Å². The Kier molecular flexibility index (Phi) is 4.49. The van der Waals surface area contributed by atoms with Gasteiger partial charge in [0, 0.05) is 30.3 Å². The van der Waals surface area contributed by atoms with E-state index in [0.29, 0.717) is 12.0 Å². The van der Waals surface area contributed by atoms with Gasteiger partial charge < -0.3 is 5.32 Å². The lowest BCUT2D eigenvalue weighted by atomic mass is 10.0. The van der Waals surface area contributed by atoms with Crippen molar-refractivity contribution < 1.29 is 8.78 Å². The molecule has 0 saturated heterocycles. The van der Waals surface area contributed by atoms with Gasteiger partial charge in [0.15, 0.2) is 11.6 Å². The van der Waals surface area contributed by atoms with Gasteiger partial charge in [-0.05, 0) is 33.0 Å². The van der Waals surface area contributed by atoms with Crippen LogP contribution in [0, 0.1) is 11.6 Å². The second-order valence-corrected chi connectivity index (χ2v) is 5.07. The second kappa shape index (κ2) is 6.13. The van der Waals surface area contributed by atoms with Gasteiger partial charge in [0.1, 0.15) is 0 Å². The zero-order valence-corrected chi connectivity index (χ0v) is 11.9. The van der Waals surface area contributed by atoms with Crippen LogP contribution < -0.4 is 5.32 Å². The number of hydrogen-bond donors (Lipinski definition) is 1. The Morgan fingerprint density at radius 2 is 2.00 bits per heavy atom. The van der Waals surface area contributed by atoms with Gasteiger partial charge in [-0.25, -0.2) is 8.78 Å². The maximum Gasteiger partial charge on any atom is 0.163 e. The van der Waals surface area contributed by atoms with E-state index in [1.165, 1.54) is 6.07 Å². The van der Waals surface area contributed by atoms with E-state index < -0.39 is 11.6 Å². The molecule has 108 valence electrons. The Bertz CT molecular complexity index is 578. The average molecular weight is 279 g/mol. The van der Waals surface area contributed by atoms with Crippen LogP contribution in [0.2, 0.25) is 0 Å². The van der Waals surface area contributed by atoms with E-state index in [-0.39, 0.29) is 12.1 Å². The van der Waals surface area contributed by atoms with E-state index in [2.05, 4.69) is 10.4 Å². The van der Waals surface area contributed by atoms with E-state index in [0.717, 1.165) is 11.8 Å². The van der Waals surface area contributed by atoms with Gasteiger partial charge in [0.2, 0.25) is 0 Å². The number of nitrogens with zero attached hydrogens (tertiary/aromatic N) is 2. The van der Waals surface area contributed by atoms with Crippen molar-refractivity contribution in [2.24, 2.45) is 0 Å². The lowest BCUT2D eigenvalue weighted by Crippen LogP contribution is -2.21. The maximum atomic E-state index is 13.8. The summed E-state index contributed by atoms with van der Waals surface area (Å²) in [5, 5.41) is 7.45. The monoisotopic (exact) mass is 279 g/mol. The minimum Gasteiger partial charge on any atom is -0.313 e. The maximum absolute atomic E-state index is 13.8. The smallest absolute Gasteiger partial charge is 0.163 e. The van der Waals surface area contributed by atoms with Gasteiger partial charge in [-0.3, -0.25) is 4.68 Å². The van der Waals surface area contributed by atoms with Gasteiger partial charge in [-0.2, -0.15) is 5.10 Å². The van der Waals surface area contributed by atoms with Crippen molar-refractivity contribution in [2.75, 3.05) is 7.05 Å². The molecule has 0 amide bonds. The van der Waals surface area contributed by atoms with Gasteiger partial charge in [0.25, 0.3) is 0 Å². The Balaban J connectivity index is 2.22. The minimum absolute atomic E-state index is 0.280. The molecule has 1 unspecified atom stereocenters. The van der Waals surface area contributed by atoms with Crippen LogP contribution in [-0.2, 0) is 6.42 Å². The number of hydrogen-bond acceptors (Lipinski definition) is 2. The van der Waals surface area contributed by atoms with Crippen molar-refractivity contribution in [1.29, 1.82) is 0 Å². The average Bonchev–Trinajstić information content (AvgIpc) is 2.88. The zero-order valence-electron chi connectivity index (χ0n) is 11.9. The van der Waals surface area contributed by atoms with Crippen molar-refractivity contribution in [2.45, 2.75) is 32.4 Å². The number of aromatic nitrogens is 2. The molecule has 1 aromatic carbocycles. The molecule has 0 radical (unpaired) electrons. The lowest BCUT2D eigenvalue weighted by molar-refractivity contribution is 0.468. The predicted octanol–water partition coefficient (Wildman–Crippen LogP) is 3.25. The molecule has 0 aliphatic carbocycles. The van der Waals surface area contributed by atoms with E-state index in [4.69, 9.17) is 0 Å². The molecule has 3 nitrogen and oxygen atoms in total. The van der Waals surface area contributed by atoms with Crippen LogP contribution in [0.1, 0.15) is 37.2 Å². The van der Waals surface area contributed by atoms with E-state index >= 15 is 0 Å². The van der Waals surface area contributed by atoms with Crippen LogP contribution in [0.4, 0.5) is 8.78 Å². The zero-order chi connectivity index (χ0) is 14.7. The molecular formula is C15H19F2N3. The summed E-state index contributed by atoms with van der Waals surface area (Å²) in [4.78, 5) is 0. The quantitative estimate of drug-likeness (QED) is 0.910. The van der Waals surface area contributed by atoms with Crippen molar-refractivity contribution >= 4 is 0 Å². The highest BCUT2D eigenvalue weighted by Gasteiger charge is 2.18. The first-order chi connectivity index (χ1) is 9.52. The summed E-state index contributed by atoms with van der Waals surface area (Å²) in [5.74, 6) is -1.62. The van der Waals surface area contributed by atoms with Gasteiger partial charge in [-0.15, -0.1) is 0 Å². The molecule has 1 N–H and O–H groups in total. The highest BCUT2D eigenvalue weighted by Crippen LogP contribution is 2.22. The Morgan fingerprint density at radius 3 is 2.60 bits per heavy atom. The number of likely N-dealkylation sites (N-methyl/N-ethyl adjacent to an activating group) is 1. The Morgan fingerprint density at radius 1 is 1.25 bits per heavy atom. The summed E-state index contributed by atoms with van der Waals surface area (Å²) in [6.07, 6.45) is 2.41. The summed E-state index contributed by atoms with van der Waals surface area (Å²) < 4.78 is 29.0. The molecule has 0 bridgehead atoms. The topological polar surface area (TPSA) is 29.9 Å². The van der Waals surface area contributed by atoms with Gasteiger partial charge in [-0.1, -0.05) is 12.1 Å². The standard InChI is InChI=1S/C15H19F2N3/c1-10(2)20-8-7-11(19-20)9-14(18-3)12-5-4-6-13(16)15(12)17/h4-8,10,14,18H,9H2,1-3H3. The van der Waals surface area contributed by atoms with Crippen molar-refractivity contribution in [3.8, 4) is 0 Å². The third kappa shape index (κ3) is 3.04.